The molecule has 0 unspecified atom stereocenters. The van der Waals surface area contributed by atoms with Crippen LogP contribution in [0.4, 0.5) is 0 Å². The van der Waals surface area contributed by atoms with E-state index in [0.29, 0.717) is 0 Å². The monoisotopic (exact) mass is 251 g/mol. The van der Waals surface area contributed by atoms with Crippen LogP contribution in [0.1, 0.15) is 22.3 Å². The number of aromatic nitrogens is 3. The molecule has 3 heteroatoms. The van der Waals surface area contributed by atoms with Gasteiger partial charge < -0.3 is 0 Å². The third kappa shape index (κ3) is 2.01. The minimum absolute atomic E-state index is 0.956. The highest BCUT2D eigenvalue weighted by Crippen LogP contribution is 2.20. The first-order chi connectivity index (χ1) is 9.04. The van der Waals surface area contributed by atoms with Gasteiger partial charge in [-0.05, 0) is 56.5 Å². The molecule has 0 aliphatic rings. The van der Waals surface area contributed by atoms with E-state index in [-0.39, 0.29) is 0 Å². The van der Waals surface area contributed by atoms with Crippen LogP contribution in [0.3, 0.4) is 0 Å². The first-order valence-corrected chi connectivity index (χ1v) is 6.46. The van der Waals surface area contributed by atoms with E-state index >= 15 is 0 Å². The van der Waals surface area contributed by atoms with Crippen molar-refractivity contribution >= 4 is 11.0 Å². The zero-order chi connectivity index (χ0) is 13.6. The third-order valence-electron chi connectivity index (χ3n) is 3.39. The second kappa shape index (κ2) is 4.19. The van der Waals surface area contributed by atoms with Crippen LogP contribution in [-0.4, -0.2) is 15.0 Å². The summed E-state index contributed by atoms with van der Waals surface area (Å²) in [5.41, 5.74) is 7.81. The molecule has 0 bridgehead atoms. The summed E-state index contributed by atoms with van der Waals surface area (Å²) in [5.74, 6) is 0. The summed E-state index contributed by atoms with van der Waals surface area (Å²) in [6.07, 6.45) is 0. The van der Waals surface area contributed by atoms with E-state index in [4.69, 9.17) is 0 Å². The maximum absolute atomic E-state index is 4.62. The van der Waals surface area contributed by atoms with Crippen molar-refractivity contribution in [3.63, 3.8) is 0 Å². The highest BCUT2D eigenvalue weighted by Gasteiger charge is 2.09. The lowest BCUT2D eigenvalue weighted by Crippen LogP contribution is -2.01. The van der Waals surface area contributed by atoms with Crippen molar-refractivity contribution in [2.24, 2.45) is 0 Å². The molecule has 0 N–H and O–H groups in total. The molecule has 1 heterocycles. The van der Waals surface area contributed by atoms with Crippen molar-refractivity contribution in [1.29, 1.82) is 0 Å². The van der Waals surface area contributed by atoms with E-state index in [1.165, 1.54) is 22.3 Å². The Morgan fingerprint density at radius 3 is 2.26 bits per heavy atom. The smallest absolute Gasteiger partial charge is 0.116 e. The molecule has 0 saturated carbocycles. The third-order valence-corrected chi connectivity index (χ3v) is 3.39. The quantitative estimate of drug-likeness (QED) is 0.661. The molecule has 0 aliphatic heterocycles. The Hall–Kier alpha value is -2.16. The Morgan fingerprint density at radius 2 is 1.53 bits per heavy atom. The molecule has 0 atom stereocenters. The summed E-state index contributed by atoms with van der Waals surface area (Å²) in [6, 6.07) is 10.5. The zero-order valence-corrected chi connectivity index (χ0v) is 11.7. The summed E-state index contributed by atoms with van der Waals surface area (Å²) in [7, 11) is 0. The molecule has 19 heavy (non-hydrogen) atoms. The normalized spacial score (nSPS) is 11.2. The largest absolute Gasteiger partial charge is 0.150 e. The zero-order valence-electron chi connectivity index (χ0n) is 11.7. The van der Waals surface area contributed by atoms with Crippen LogP contribution in [0.15, 0.2) is 30.3 Å². The summed E-state index contributed by atoms with van der Waals surface area (Å²) >= 11 is 0. The fourth-order valence-corrected chi connectivity index (χ4v) is 2.50. The highest BCUT2D eigenvalue weighted by atomic mass is 15.5. The van der Waals surface area contributed by atoms with E-state index in [0.717, 1.165) is 16.7 Å². The van der Waals surface area contributed by atoms with Crippen LogP contribution >= 0.6 is 0 Å². The SMILES string of the molecule is Cc1ccc(-n2nc3cc(C)cc(C)c3n2)c(C)c1. The minimum atomic E-state index is 0.956. The number of nitrogens with zero attached hydrogens (tertiary/aromatic N) is 3. The first kappa shape index (κ1) is 11.9. The Kier molecular flexibility index (Phi) is 2.63. The predicted octanol–water partition coefficient (Wildman–Crippen LogP) is 3.65. The van der Waals surface area contributed by atoms with Crippen molar-refractivity contribution in [1.82, 2.24) is 15.0 Å². The Balaban J connectivity index is 2.23. The molecule has 1 aromatic heterocycles. The van der Waals surface area contributed by atoms with Gasteiger partial charge in [-0.1, -0.05) is 23.8 Å². The van der Waals surface area contributed by atoms with Crippen LogP contribution in [-0.2, 0) is 0 Å². The molecular weight excluding hydrogens is 234 g/mol. The van der Waals surface area contributed by atoms with Crippen LogP contribution in [0.2, 0.25) is 0 Å². The number of fused-ring (bicyclic) bond motifs is 1. The average Bonchev–Trinajstić information content (AvgIpc) is 2.72. The summed E-state index contributed by atoms with van der Waals surface area (Å²) in [5, 5.41) is 9.22. The molecule has 0 spiro atoms. The van der Waals surface area contributed by atoms with E-state index in [9.17, 15) is 0 Å². The van der Waals surface area contributed by atoms with Crippen molar-refractivity contribution < 1.29 is 0 Å². The topological polar surface area (TPSA) is 30.7 Å². The van der Waals surface area contributed by atoms with Crippen LogP contribution in [0.5, 0.6) is 0 Å². The minimum Gasteiger partial charge on any atom is -0.150 e. The summed E-state index contributed by atoms with van der Waals surface area (Å²) in [4.78, 5) is 1.74. The maximum atomic E-state index is 4.62. The molecule has 3 rings (SSSR count). The van der Waals surface area contributed by atoms with Gasteiger partial charge in [0, 0.05) is 0 Å². The lowest BCUT2D eigenvalue weighted by molar-refractivity contribution is 0.759. The fourth-order valence-electron chi connectivity index (χ4n) is 2.50. The van der Waals surface area contributed by atoms with Gasteiger partial charge in [-0.2, -0.15) is 4.80 Å². The fraction of sp³-hybridized carbons (Fsp3) is 0.250. The second-order valence-electron chi connectivity index (χ2n) is 5.23. The molecule has 0 amide bonds. The van der Waals surface area contributed by atoms with Crippen molar-refractivity contribution in [2.75, 3.05) is 0 Å². The number of hydrogen-bond donors (Lipinski definition) is 0. The van der Waals surface area contributed by atoms with Gasteiger partial charge in [0.1, 0.15) is 11.0 Å². The summed E-state index contributed by atoms with van der Waals surface area (Å²) in [6.45, 7) is 8.35. The average molecular weight is 251 g/mol. The van der Waals surface area contributed by atoms with Gasteiger partial charge in [-0.3, -0.25) is 0 Å². The molecule has 0 fully saturated rings. The Bertz CT molecular complexity index is 769. The highest BCUT2D eigenvalue weighted by molar-refractivity contribution is 5.78. The van der Waals surface area contributed by atoms with Gasteiger partial charge in [0.15, 0.2) is 0 Å². The molecule has 0 aliphatic carbocycles. The van der Waals surface area contributed by atoms with Gasteiger partial charge in [-0.25, -0.2) is 0 Å². The summed E-state index contributed by atoms with van der Waals surface area (Å²) < 4.78 is 0. The molecule has 3 nitrogen and oxygen atoms in total. The van der Waals surface area contributed by atoms with Crippen LogP contribution in [0.25, 0.3) is 16.7 Å². The van der Waals surface area contributed by atoms with Gasteiger partial charge >= 0.3 is 0 Å². The lowest BCUT2D eigenvalue weighted by atomic mass is 10.1. The van der Waals surface area contributed by atoms with E-state index in [1.54, 1.807) is 4.80 Å². The van der Waals surface area contributed by atoms with Crippen LogP contribution in [0, 0.1) is 27.7 Å². The van der Waals surface area contributed by atoms with Crippen molar-refractivity contribution in [3.05, 3.63) is 52.6 Å². The van der Waals surface area contributed by atoms with Gasteiger partial charge in [0.25, 0.3) is 0 Å². The van der Waals surface area contributed by atoms with Crippen molar-refractivity contribution in [2.45, 2.75) is 27.7 Å². The Morgan fingerprint density at radius 1 is 0.789 bits per heavy atom. The molecule has 3 aromatic rings. The van der Waals surface area contributed by atoms with Gasteiger partial charge in [0.05, 0.1) is 5.69 Å². The molecular formula is C16H17N3. The van der Waals surface area contributed by atoms with Crippen LogP contribution < -0.4 is 0 Å². The van der Waals surface area contributed by atoms with Gasteiger partial charge in [0.2, 0.25) is 0 Å². The second-order valence-corrected chi connectivity index (χ2v) is 5.23. The molecule has 96 valence electrons. The van der Waals surface area contributed by atoms with Gasteiger partial charge in [-0.15, -0.1) is 10.2 Å². The van der Waals surface area contributed by atoms with E-state index < -0.39 is 0 Å². The predicted molar refractivity (Wildman–Crippen MR) is 77.8 cm³/mol. The number of rotatable bonds is 1. The lowest BCUT2D eigenvalue weighted by Gasteiger charge is -2.04. The van der Waals surface area contributed by atoms with E-state index in [1.807, 2.05) is 0 Å². The molecule has 0 saturated heterocycles. The first-order valence-electron chi connectivity index (χ1n) is 6.46. The maximum Gasteiger partial charge on any atom is 0.116 e. The number of aryl methyl sites for hydroxylation is 4. The number of benzene rings is 2. The van der Waals surface area contributed by atoms with E-state index in [2.05, 4.69) is 68.2 Å². The number of hydrogen-bond acceptors (Lipinski definition) is 2. The molecule has 0 radical (unpaired) electrons. The standard InChI is InChI=1S/C16H17N3/c1-10-5-6-15(12(3)7-10)19-17-14-9-11(2)8-13(4)16(14)18-19/h5-9H,1-4H3. The molecule has 2 aromatic carbocycles. The Labute approximate surface area is 112 Å². The van der Waals surface area contributed by atoms with Crippen molar-refractivity contribution in [3.8, 4) is 5.69 Å².